The Morgan fingerprint density at radius 1 is 1.62 bits per heavy atom. The van der Waals surface area contributed by atoms with Crippen molar-refractivity contribution in [2.75, 3.05) is 0 Å². The van der Waals surface area contributed by atoms with E-state index in [1.165, 1.54) is 12.0 Å². The lowest BCUT2D eigenvalue weighted by Gasteiger charge is -2.37. The Balaban J connectivity index is 2.18. The first-order chi connectivity index (χ1) is 6.03. The van der Waals surface area contributed by atoms with Crippen LogP contribution in [0.5, 0.6) is 0 Å². The number of aliphatic hydroxyl groups is 1. The van der Waals surface area contributed by atoms with E-state index in [0.29, 0.717) is 17.1 Å². The topological polar surface area (TPSA) is 20.2 Å². The van der Waals surface area contributed by atoms with Crippen LogP contribution in [-0.4, -0.2) is 15.3 Å². The second-order valence-electron chi connectivity index (χ2n) is 4.33. The molecule has 1 aliphatic carbocycles. The Hall–Kier alpha value is 0.400. The molecule has 1 saturated heterocycles. The van der Waals surface area contributed by atoms with Gasteiger partial charge in [-0.3, -0.25) is 0 Å². The van der Waals surface area contributed by atoms with Crippen LogP contribution in [0.4, 0.5) is 0 Å². The quantitative estimate of drug-likeness (QED) is 0.537. The van der Waals surface area contributed by atoms with Gasteiger partial charge in [0, 0.05) is 11.2 Å². The molecule has 74 valence electrons. The SMILES string of the molecule is C=C(C)C1CC2SSC(O)(C1)C2C. The molecule has 0 aromatic rings. The zero-order valence-corrected chi connectivity index (χ0v) is 9.75. The van der Waals surface area contributed by atoms with Gasteiger partial charge in [0.25, 0.3) is 0 Å². The fraction of sp³-hybridized carbons (Fsp3) is 0.800. The molecular formula is C10H16OS2. The van der Waals surface area contributed by atoms with Gasteiger partial charge in [-0.25, -0.2) is 0 Å². The van der Waals surface area contributed by atoms with E-state index in [9.17, 15) is 5.11 Å². The molecule has 1 N–H and O–H groups in total. The normalized spacial score (nSPS) is 49.3. The van der Waals surface area contributed by atoms with Crippen molar-refractivity contribution in [3.05, 3.63) is 12.2 Å². The van der Waals surface area contributed by atoms with E-state index in [-0.39, 0.29) is 0 Å². The Morgan fingerprint density at radius 2 is 2.31 bits per heavy atom. The van der Waals surface area contributed by atoms with Crippen molar-refractivity contribution >= 4 is 21.6 Å². The first-order valence-corrected chi connectivity index (χ1v) is 6.96. The van der Waals surface area contributed by atoms with Gasteiger partial charge in [0.05, 0.1) is 0 Å². The Bertz CT molecular complexity index is 241. The van der Waals surface area contributed by atoms with E-state index in [0.717, 1.165) is 6.42 Å². The molecule has 1 aliphatic heterocycles. The molecule has 0 aromatic heterocycles. The monoisotopic (exact) mass is 216 g/mol. The number of fused-ring (bicyclic) bond motifs is 2. The van der Waals surface area contributed by atoms with Gasteiger partial charge in [-0.15, -0.1) is 0 Å². The second-order valence-corrected chi connectivity index (χ2v) is 7.08. The van der Waals surface area contributed by atoms with Crippen LogP contribution < -0.4 is 0 Å². The van der Waals surface area contributed by atoms with E-state index in [2.05, 4.69) is 20.4 Å². The molecule has 0 spiro atoms. The van der Waals surface area contributed by atoms with Crippen molar-refractivity contribution in [2.45, 2.75) is 36.9 Å². The van der Waals surface area contributed by atoms with Gasteiger partial charge in [0.15, 0.2) is 0 Å². The van der Waals surface area contributed by atoms with Crippen molar-refractivity contribution in [1.82, 2.24) is 0 Å². The molecule has 3 heteroatoms. The number of hydrogen-bond donors (Lipinski definition) is 1. The molecule has 1 heterocycles. The summed E-state index contributed by atoms with van der Waals surface area (Å²) in [5, 5.41) is 10.9. The maximum Gasteiger partial charge on any atom is 0.124 e. The number of hydrogen-bond acceptors (Lipinski definition) is 3. The number of rotatable bonds is 1. The summed E-state index contributed by atoms with van der Waals surface area (Å²) in [5.41, 5.74) is 1.23. The fourth-order valence-electron chi connectivity index (χ4n) is 2.15. The molecule has 2 aliphatic rings. The Labute approximate surface area is 87.8 Å². The van der Waals surface area contributed by atoms with Gasteiger partial charge in [0.2, 0.25) is 0 Å². The van der Waals surface area contributed by atoms with Crippen LogP contribution in [0.25, 0.3) is 0 Å². The highest BCUT2D eigenvalue weighted by molar-refractivity contribution is 8.77. The average molecular weight is 216 g/mol. The molecule has 0 radical (unpaired) electrons. The van der Waals surface area contributed by atoms with Crippen molar-refractivity contribution < 1.29 is 5.11 Å². The molecule has 4 unspecified atom stereocenters. The standard InChI is InChI=1S/C10H16OS2/c1-6(2)8-4-9-7(3)10(11,5-8)13-12-9/h7-9,11H,1,4-5H2,2-3H3. The van der Waals surface area contributed by atoms with Crippen LogP contribution in [0.1, 0.15) is 26.7 Å². The van der Waals surface area contributed by atoms with Gasteiger partial charge in [-0.2, -0.15) is 0 Å². The second kappa shape index (κ2) is 3.21. The molecule has 13 heavy (non-hydrogen) atoms. The fourth-order valence-corrected chi connectivity index (χ4v) is 6.08. The lowest BCUT2D eigenvalue weighted by Crippen LogP contribution is -2.40. The highest BCUT2D eigenvalue weighted by Crippen LogP contribution is 2.61. The van der Waals surface area contributed by atoms with Gasteiger partial charge in [-0.1, -0.05) is 40.7 Å². The van der Waals surface area contributed by atoms with Gasteiger partial charge in [0.1, 0.15) is 4.93 Å². The van der Waals surface area contributed by atoms with E-state index in [4.69, 9.17) is 0 Å². The van der Waals surface area contributed by atoms with Crippen molar-refractivity contribution in [3.63, 3.8) is 0 Å². The van der Waals surface area contributed by atoms with E-state index in [1.54, 1.807) is 10.8 Å². The highest BCUT2D eigenvalue weighted by atomic mass is 33.1. The third-order valence-electron chi connectivity index (χ3n) is 3.34. The van der Waals surface area contributed by atoms with Crippen LogP contribution in [0.3, 0.4) is 0 Å². The third-order valence-corrected chi connectivity index (χ3v) is 7.01. The van der Waals surface area contributed by atoms with Crippen LogP contribution >= 0.6 is 21.6 Å². The van der Waals surface area contributed by atoms with E-state index < -0.39 is 4.93 Å². The summed E-state index contributed by atoms with van der Waals surface area (Å²) in [6.45, 7) is 8.26. The van der Waals surface area contributed by atoms with Gasteiger partial charge >= 0.3 is 0 Å². The van der Waals surface area contributed by atoms with Crippen molar-refractivity contribution in [1.29, 1.82) is 0 Å². The first kappa shape index (κ1) is 9.94. The smallest absolute Gasteiger partial charge is 0.124 e. The first-order valence-electron chi connectivity index (χ1n) is 4.75. The number of allylic oxidation sites excluding steroid dienone is 1. The predicted molar refractivity (Wildman–Crippen MR) is 60.6 cm³/mol. The van der Waals surface area contributed by atoms with Gasteiger partial charge < -0.3 is 5.11 Å². The summed E-state index contributed by atoms with van der Waals surface area (Å²) < 4.78 is 0. The zero-order chi connectivity index (χ0) is 9.64. The van der Waals surface area contributed by atoms with E-state index in [1.807, 2.05) is 10.8 Å². The molecule has 2 bridgehead atoms. The lowest BCUT2D eigenvalue weighted by atomic mass is 9.77. The summed E-state index contributed by atoms with van der Waals surface area (Å²) in [6, 6.07) is 0. The molecule has 2 rings (SSSR count). The van der Waals surface area contributed by atoms with Crippen molar-refractivity contribution in [2.24, 2.45) is 11.8 Å². The summed E-state index contributed by atoms with van der Waals surface area (Å²) in [6.07, 6.45) is 2.11. The molecule has 0 aromatic carbocycles. The highest BCUT2D eigenvalue weighted by Gasteiger charge is 2.52. The molecule has 0 amide bonds. The summed E-state index contributed by atoms with van der Waals surface area (Å²) in [4.78, 5) is -0.475. The maximum atomic E-state index is 10.3. The molecule has 2 fully saturated rings. The zero-order valence-electron chi connectivity index (χ0n) is 8.12. The minimum Gasteiger partial charge on any atom is -0.378 e. The maximum absolute atomic E-state index is 10.3. The van der Waals surface area contributed by atoms with Crippen LogP contribution in [0, 0.1) is 11.8 Å². The lowest BCUT2D eigenvalue weighted by molar-refractivity contribution is 0.0376. The minimum absolute atomic E-state index is 0.443. The van der Waals surface area contributed by atoms with Crippen LogP contribution in [0.15, 0.2) is 12.2 Å². The Morgan fingerprint density at radius 3 is 2.85 bits per heavy atom. The van der Waals surface area contributed by atoms with Crippen molar-refractivity contribution in [3.8, 4) is 0 Å². The largest absolute Gasteiger partial charge is 0.378 e. The molecule has 1 nitrogen and oxygen atoms in total. The Kier molecular flexibility index (Phi) is 2.45. The average Bonchev–Trinajstić information content (AvgIpc) is 2.28. The summed E-state index contributed by atoms with van der Waals surface area (Å²) in [5.74, 6) is 0.979. The van der Waals surface area contributed by atoms with Crippen LogP contribution in [0.2, 0.25) is 0 Å². The van der Waals surface area contributed by atoms with Crippen LogP contribution in [-0.2, 0) is 0 Å². The summed E-state index contributed by atoms with van der Waals surface area (Å²) in [7, 11) is 3.54. The summed E-state index contributed by atoms with van der Waals surface area (Å²) >= 11 is 0. The predicted octanol–water partition coefficient (Wildman–Crippen LogP) is 3.06. The molecular weight excluding hydrogens is 200 g/mol. The minimum atomic E-state index is -0.475. The molecule has 4 atom stereocenters. The van der Waals surface area contributed by atoms with E-state index >= 15 is 0 Å². The molecule has 1 saturated carbocycles. The third kappa shape index (κ3) is 1.55. The van der Waals surface area contributed by atoms with Gasteiger partial charge in [-0.05, 0) is 25.7 Å².